The van der Waals surface area contributed by atoms with Crippen LogP contribution in [0.15, 0.2) is 18.2 Å². The summed E-state index contributed by atoms with van der Waals surface area (Å²) in [5.41, 5.74) is -1.56. The number of rotatable bonds is 4. The van der Waals surface area contributed by atoms with E-state index in [2.05, 4.69) is 4.74 Å². The predicted octanol–water partition coefficient (Wildman–Crippen LogP) is 3.28. The topological polar surface area (TPSA) is 35.5 Å². The minimum absolute atomic E-state index is 0.0172. The van der Waals surface area contributed by atoms with E-state index in [9.17, 15) is 18.0 Å². The first-order valence-electron chi connectivity index (χ1n) is 5.41. The number of ether oxygens (including phenoxy) is 2. The first kappa shape index (κ1) is 14.3. The van der Waals surface area contributed by atoms with E-state index in [1.54, 1.807) is 6.92 Å². The second-order valence-corrected chi connectivity index (χ2v) is 3.36. The Morgan fingerprint density at radius 2 is 1.89 bits per heavy atom. The van der Waals surface area contributed by atoms with Crippen molar-refractivity contribution < 1.29 is 27.4 Å². The molecule has 0 saturated carbocycles. The monoisotopic (exact) mass is 262 g/mol. The van der Waals surface area contributed by atoms with Crippen LogP contribution in [0.2, 0.25) is 0 Å². The molecule has 100 valence electrons. The standard InChI is InChI=1S/C12H13F3O3/c1-3-17-8-5-6-9(11(16)18-4-2)10(7-8)12(13,14)15/h5-7H,3-4H2,1-2H3. The van der Waals surface area contributed by atoms with Crippen LogP contribution >= 0.6 is 0 Å². The molecule has 1 aromatic carbocycles. The first-order valence-corrected chi connectivity index (χ1v) is 5.41. The Bertz CT molecular complexity index is 427. The zero-order valence-corrected chi connectivity index (χ0v) is 10.0. The fraction of sp³-hybridized carbons (Fsp3) is 0.417. The average molecular weight is 262 g/mol. The fourth-order valence-electron chi connectivity index (χ4n) is 1.40. The van der Waals surface area contributed by atoms with Crippen LogP contribution in [0.3, 0.4) is 0 Å². The number of hydrogen-bond acceptors (Lipinski definition) is 3. The van der Waals surface area contributed by atoms with E-state index in [-0.39, 0.29) is 19.0 Å². The highest BCUT2D eigenvalue weighted by Crippen LogP contribution is 2.34. The van der Waals surface area contributed by atoms with Crippen LogP contribution in [0, 0.1) is 0 Å². The van der Waals surface area contributed by atoms with Crippen LogP contribution < -0.4 is 4.74 Å². The summed E-state index contributed by atoms with van der Waals surface area (Å²) in [6.07, 6.45) is -4.63. The lowest BCUT2D eigenvalue weighted by Crippen LogP contribution is -2.15. The summed E-state index contributed by atoms with van der Waals surface area (Å²) in [5, 5.41) is 0. The number of esters is 1. The van der Waals surface area contributed by atoms with Gasteiger partial charge in [0.1, 0.15) is 5.75 Å². The largest absolute Gasteiger partial charge is 0.494 e. The van der Waals surface area contributed by atoms with Crippen molar-refractivity contribution in [2.75, 3.05) is 13.2 Å². The Hall–Kier alpha value is -1.72. The third-order valence-corrected chi connectivity index (χ3v) is 2.10. The molecule has 0 saturated heterocycles. The van der Waals surface area contributed by atoms with Crippen molar-refractivity contribution in [3.8, 4) is 5.75 Å². The summed E-state index contributed by atoms with van der Waals surface area (Å²) >= 11 is 0. The Kier molecular flexibility index (Phi) is 4.58. The van der Waals surface area contributed by atoms with Gasteiger partial charge >= 0.3 is 12.1 Å². The van der Waals surface area contributed by atoms with E-state index < -0.39 is 23.3 Å². The van der Waals surface area contributed by atoms with Crippen LogP contribution in [0.5, 0.6) is 5.75 Å². The fourth-order valence-corrected chi connectivity index (χ4v) is 1.40. The number of halogens is 3. The van der Waals surface area contributed by atoms with Gasteiger partial charge in [0.15, 0.2) is 0 Å². The molecule has 0 aliphatic rings. The summed E-state index contributed by atoms with van der Waals surface area (Å²) in [7, 11) is 0. The zero-order valence-electron chi connectivity index (χ0n) is 10.0. The molecule has 0 aliphatic heterocycles. The van der Waals surface area contributed by atoms with E-state index in [0.717, 1.165) is 12.1 Å². The molecular weight excluding hydrogens is 249 g/mol. The molecule has 0 unspecified atom stereocenters. The maximum Gasteiger partial charge on any atom is 0.417 e. The molecule has 0 spiro atoms. The molecule has 0 amide bonds. The van der Waals surface area contributed by atoms with E-state index >= 15 is 0 Å². The molecule has 1 aromatic rings. The molecule has 0 radical (unpaired) electrons. The lowest BCUT2D eigenvalue weighted by molar-refractivity contribution is -0.138. The number of alkyl halides is 3. The molecule has 0 fully saturated rings. The summed E-state index contributed by atoms with van der Waals surface area (Å²) in [6.45, 7) is 3.45. The minimum atomic E-state index is -4.63. The predicted molar refractivity (Wildman–Crippen MR) is 58.6 cm³/mol. The smallest absolute Gasteiger partial charge is 0.417 e. The van der Waals surface area contributed by atoms with Crippen LogP contribution in [0.25, 0.3) is 0 Å². The van der Waals surface area contributed by atoms with Crippen molar-refractivity contribution in [1.82, 2.24) is 0 Å². The molecular formula is C12H13F3O3. The van der Waals surface area contributed by atoms with Crippen molar-refractivity contribution in [2.45, 2.75) is 20.0 Å². The highest BCUT2D eigenvalue weighted by atomic mass is 19.4. The molecule has 0 N–H and O–H groups in total. The zero-order chi connectivity index (χ0) is 13.8. The summed E-state index contributed by atoms with van der Waals surface area (Å²) in [6, 6.07) is 3.17. The summed E-state index contributed by atoms with van der Waals surface area (Å²) in [5.74, 6) is -0.925. The van der Waals surface area contributed by atoms with Crippen molar-refractivity contribution in [3.63, 3.8) is 0 Å². The van der Waals surface area contributed by atoms with Crippen molar-refractivity contribution in [2.24, 2.45) is 0 Å². The Morgan fingerprint density at radius 1 is 1.22 bits per heavy atom. The van der Waals surface area contributed by atoms with Crippen LogP contribution in [0.4, 0.5) is 13.2 Å². The summed E-state index contributed by atoms with van der Waals surface area (Å²) < 4.78 is 48.0. The lowest BCUT2D eigenvalue weighted by Gasteiger charge is -2.13. The van der Waals surface area contributed by atoms with Gasteiger partial charge in [0.05, 0.1) is 24.3 Å². The molecule has 3 nitrogen and oxygen atoms in total. The normalized spacial score (nSPS) is 11.2. The van der Waals surface area contributed by atoms with Crippen LogP contribution in [0.1, 0.15) is 29.8 Å². The van der Waals surface area contributed by atoms with Gasteiger partial charge in [-0.3, -0.25) is 0 Å². The van der Waals surface area contributed by atoms with E-state index in [0.29, 0.717) is 0 Å². The Balaban J connectivity index is 3.21. The molecule has 1 rings (SSSR count). The lowest BCUT2D eigenvalue weighted by atomic mass is 10.1. The van der Waals surface area contributed by atoms with Gasteiger partial charge in [-0.1, -0.05) is 0 Å². The van der Waals surface area contributed by atoms with Gasteiger partial charge < -0.3 is 9.47 Å². The Labute approximate surface area is 103 Å². The van der Waals surface area contributed by atoms with E-state index in [4.69, 9.17) is 4.74 Å². The van der Waals surface area contributed by atoms with Crippen molar-refractivity contribution >= 4 is 5.97 Å². The minimum Gasteiger partial charge on any atom is -0.494 e. The SMILES string of the molecule is CCOC(=O)c1ccc(OCC)cc1C(F)(F)F. The molecule has 6 heteroatoms. The first-order chi connectivity index (χ1) is 8.40. The maximum absolute atomic E-state index is 12.8. The number of carbonyl (C=O) groups is 1. The highest BCUT2D eigenvalue weighted by molar-refractivity contribution is 5.91. The van der Waals surface area contributed by atoms with Gasteiger partial charge in [-0.15, -0.1) is 0 Å². The second-order valence-electron chi connectivity index (χ2n) is 3.36. The van der Waals surface area contributed by atoms with Gasteiger partial charge in [-0.25, -0.2) is 4.79 Å². The van der Waals surface area contributed by atoms with Crippen LogP contribution in [-0.4, -0.2) is 19.2 Å². The van der Waals surface area contributed by atoms with Crippen LogP contribution in [-0.2, 0) is 10.9 Å². The van der Waals surface area contributed by atoms with Gasteiger partial charge in [-0.2, -0.15) is 13.2 Å². The van der Waals surface area contributed by atoms with Gasteiger partial charge in [0.2, 0.25) is 0 Å². The molecule has 0 aliphatic carbocycles. The third-order valence-electron chi connectivity index (χ3n) is 2.10. The highest BCUT2D eigenvalue weighted by Gasteiger charge is 2.36. The van der Waals surface area contributed by atoms with Crippen molar-refractivity contribution in [3.05, 3.63) is 29.3 Å². The third kappa shape index (κ3) is 3.38. The molecule has 18 heavy (non-hydrogen) atoms. The van der Waals surface area contributed by atoms with Gasteiger partial charge in [0, 0.05) is 0 Å². The maximum atomic E-state index is 12.8. The van der Waals surface area contributed by atoms with Gasteiger partial charge in [0.25, 0.3) is 0 Å². The van der Waals surface area contributed by atoms with E-state index in [1.807, 2.05) is 0 Å². The summed E-state index contributed by atoms with van der Waals surface area (Å²) in [4.78, 5) is 11.4. The average Bonchev–Trinajstić information content (AvgIpc) is 2.28. The van der Waals surface area contributed by atoms with Gasteiger partial charge in [-0.05, 0) is 32.0 Å². The van der Waals surface area contributed by atoms with Crippen molar-refractivity contribution in [1.29, 1.82) is 0 Å². The molecule has 0 heterocycles. The number of benzene rings is 1. The second kappa shape index (κ2) is 5.75. The number of carbonyl (C=O) groups excluding carboxylic acids is 1. The molecule has 0 bridgehead atoms. The Morgan fingerprint density at radius 3 is 2.39 bits per heavy atom. The quantitative estimate of drug-likeness (QED) is 0.781. The molecule has 0 atom stereocenters. The number of hydrogen-bond donors (Lipinski definition) is 0. The van der Waals surface area contributed by atoms with E-state index in [1.165, 1.54) is 13.0 Å². The molecule has 0 aromatic heterocycles.